The molecule has 0 aromatic heterocycles. The van der Waals surface area contributed by atoms with Crippen molar-refractivity contribution in [3.05, 3.63) is 22.2 Å². The summed E-state index contributed by atoms with van der Waals surface area (Å²) in [4.78, 5) is 11.0. The number of carbonyl (C=O) groups is 1. The fraction of sp³-hybridized carbons (Fsp3) is 0.375. The molecule has 0 aliphatic heterocycles. The number of halogens is 1. The van der Waals surface area contributed by atoms with E-state index in [9.17, 15) is 4.79 Å². The van der Waals surface area contributed by atoms with Gasteiger partial charge in [-0.2, -0.15) is 0 Å². The molecule has 1 rings (SSSR count). The van der Waals surface area contributed by atoms with Crippen molar-refractivity contribution in [1.82, 2.24) is 0 Å². The standard InChI is InChI=1S/C8H9BrO/c1-5-6(2)8(10)4-3-7(5)9/h3-4,6H,1-2H3. The van der Waals surface area contributed by atoms with Gasteiger partial charge in [0.1, 0.15) is 0 Å². The van der Waals surface area contributed by atoms with Crippen LogP contribution in [0.25, 0.3) is 0 Å². The molecule has 10 heavy (non-hydrogen) atoms. The Labute approximate surface area is 68.9 Å². The summed E-state index contributed by atoms with van der Waals surface area (Å²) in [6.07, 6.45) is 3.42. The van der Waals surface area contributed by atoms with Crippen molar-refractivity contribution in [1.29, 1.82) is 0 Å². The lowest BCUT2D eigenvalue weighted by Crippen LogP contribution is -2.12. The molecule has 0 saturated heterocycles. The maximum Gasteiger partial charge on any atom is 0.162 e. The summed E-state index contributed by atoms with van der Waals surface area (Å²) in [5, 5.41) is 0. The number of allylic oxidation sites excluding steroid dienone is 4. The average molecular weight is 201 g/mol. The molecule has 1 atom stereocenters. The quantitative estimate of drug-likeness (QED) is 0.588. The Hall–Kier alpha value is -0.370. The highest BCUT2D eigenvalue weighted by Gasteiger charge is 2.17. The van der Waals surface area contributed by atoms with Gasteiger partial charge in [0.15, 0.2) is 5.78 Å². The van der Waals surface area contributed by atoms with Crippen molar-refractivity contribution in [2.75, 3.05) is 0 Å². The van der Waals surface area contributed by atoms with Crippen LogP contribution in [0.3, 0.4) is 0 Å². The Morgan fingerprint density at radius 1 is 1.50 bits per heavy atom. The lowest BCUT2D eigenvalue weighted by molar-refractivity contribution is -0.116. The van der Waals surface area contributed by atoms with E-state index in [-0.39, 0.29) is 11.7 Å². The van der Waals surface area contributed by atoms with E-state index in [0.29, 0.717) is 0 Å². The predicted octanol–water partition coefficient (Wildman–Crippen LogP) is 2.43. The Morgan fingerprint density at radius 2 is 2.10 bits per heavy atom. The van der Waals surface area contributed by atoms with Gasteiger partial charge in [-0.25, -0.2) is 0 Å². The smallest absolute Gasteiger partial charge is 0.162 e. The molecular weight excluding hydrogens is 192 g/mol. The highest BCUT2D eigenvalue weighted by Crippen LogP contribution is 2.25. The first-order valence-corrected chi connectivity index (χ1v) is 4.00. The molecule has 0 radical (unpaired) electrons. The molecule has 0 aromatic rings. The van der Waals surface area contributed by atoms with Crippen LogP contribution in [0, 0.1) is 5.92 Å². The minimum Gasteiger partial charge on any atom is -0.294 e. The van der Waals surface area contributed by atoms with E-state index in [2.05, 4.69) is 15.9 Å². The van der Waals surface area contributed by atoms with Gasteiger partial charge in [0.05, 0.1) is 0 Å². The van der Waals surface area contributed by atoms with Crippen LogP contribution >= 0.6 is 15.9 Å². The molecule has 1 unspecified atom stereocenters. The van der Waals surface area contributed by atoms with Crippen molar-refractivity contribution in [2.45, 2.75) is 13.8 Å². The summed E-state index contributed by atoms with van der Waals surface area (Å²) in [6.45, 7) is 3.89. The Balaban J connectivity index is 2.99. The zero-order chi connectivity index (χ0) is 7.72. The van der Waals surface area contributed by atoms with Gasteiger partial charge in [0.2, 0.25) is 0 Å². The first-order chi connectivity index (χ1) is 4.63. The van der Waals surface area contributed by atoms with E-state index in [4.69, 9.17) is 0 Å². The molecule has 1 aliphatic carbocycles. The van der Waals surface area contributed by atoms with Crippen LogP contribution in [0.2, 0.25) is 0 Å². The number of hydrogen-bond acceptors (Lipinski definition) is 1. The van der Waals surface area contributed by atoms with Crippen LogP contribution in [0.5, 0.6) is 0 Å². The third-order valence-corrected chi connectivity index (χ3v) is 2.74. The zero-order valence-electron chi connectivity index (χ0n) is 6.02. The lowest BCUT2D eigenvalue weighted by Gasteiger charge is -2.13. The lowest BCUT2D eigenvalue weighted by atomic mass is 9.94. The number of rotatable bonds is 0. The van der Waals surface area contributed by atoms with E-state index in [0.717, 1.165) is 10.1 Å². The molecule has 1 aliphatic rings. The summed E-state index contributed by atoms with van der Waals surface area (Å²) < 4.78 is 1.04. The largest absolute Gasteiger partial charge is 0.294 e. The van der Waals surface area contributed by atoms with Gasteiger partial charge >= 0.3 is 0 Å². The van der Waals surface area contributed by atoms with Crippen LogP contribution in [-0.4, -0.2) is 5.78 Å². The van der Waals surface area contributed by atoms with Gasteiger partial charge < -0.3 is 0 Å². The number of ketones is 1. The molecule has 0 aromatic carbocycles. The van der Waals surface area contributed by atoms with Crippen LogP contribution in [0.15, 0.2) is 22.2 Å². The molecule has 2 heteroatoms. The maximum absolute atomic E-state index is 11.0. The van der Waals surface area contributed by atoms with Crippen LogP contribution in [0.1, 0.15) is 13.8 Å². The average Bonchev–Trinajstić information content (AvgIpc) is 1.93. The molecule has 0 amide bonds. The highest BCUT2D eigenvalue weighted by atomic mass is 79.9. The van der Waals surface area contributed by atoms with Gasteiger partial charge in [-0.05, 0) is 24.6 Å². The molecule has 0 bridgehead atoms. The summed E-state index contributed by atoms with van der Waals surface area (Å²) in [5.74, 6) is 0.250. The summed E-state index contributed by atoms with van der Waals surface area (Å²) in [7, 11) is 0. The molecular formula is C8H9BrO. The van der Waals surface area contributed by atoms with E-state index < -0.39 is 0 Å². The van der Waals surface area contributed by atoms with Crippen molar-refractivity contribution in [2.24, 2.45) is 5.92 Å². The van der Waals surface area contributed by atoms with E-state index in [1.54, 1.807) is 12.2 Å². The van der Waals surface area contributed by atoms with Gasteiger partial charge in [0, 0.05) is 10.4 Å². The monoisotopic (exact) mass is 200 g/mol. The third-order valence-electron chi connectivity index (χ3n) is 1.85. The minimum absolute atomic E-state index is 0.0550. The molecule has 0 fully saturated rings. The third kappa shape index (κ3) is 1.21. The SMILES string of the molecule is CC1=C(Br)C=CC(=O)C1C. The second kappa shape index (κ2) is 2.70. The predicted molar refractivity (Wildman–Crippen MR) is 44.9 cm³/mol. The van der Waals surface area contributed by atoms with Crippen molar-refractivity contribution in [3.63, 3.8) is 0 Å². The molecule has 0 heterocycles. The number of carbonyl (C=O) groups excluding carboxylic acids is 1. The topological polar surface area (TPSA) is 17.1 Å². The van der Waals surface area contributed by atoms with E-state index in [1.165, 1.54) is 0 Å². The van der Waals surface area contributed by atoms with Gasteiger partial charge in [0.25, 0.3) is 0 Å². The van der Waals surface area contributed by atoms with E-state index >= 15 is 0 Å². The number of hydrogen-bond donors (Lipinski definition) is 0. The van der Waals surface area contributed by atoms with Crippen molar-refractivity contribution >= 4 is 21.7 Å². The van der Waals surface area contributed by atoms with Gasteiger partial charge in [-0.1, -0.05) is 22.9 Å². The minimum atomic E-state index is 0.0550. The Kier molecular flexibility index (Phi) is 2.09. The van der Waals surface area contributed by atoms with Crippen LogP contribution in [0.4, 0.5) is 0 Å². The first-order valence-electron chi connectivity index (χ1n) is 3.21. The maximum atomic E-state index is 11.0. The van der Waals surface area contributed by atoms with Crippen molar-refractivity contribution in [3.8, 4) is 0 Å². The normalized spacial score (nSPS) is 25.9. The summed E-state index contributed by atoms with van der Waals surface area (Å²) in [6, 6.07) is 0. The van der Waals surface area contributed by atoms with Gasteiger partial charge in [-0.3, -0.25) is 4.79 Å². The fourth-order valence-corrected chi connectivity index (χ4v) is 1.33. The van der Waals surface area contributed by atoms with Gasteiger partial charge in [-0.15, -0.1) is 0 Å². The second-order valence-corrected chi connectivity index (χ2v) is 3.34. The zero-order valence-corrected chi connectivity index (χ0v) is 7.60. The fourth-order valence-electron chi connectivity index (χ4n) is 0.851. The Bertz CT molecular complexity index is 225. The second-order valence-electron chi connectivity index (χ2n) is 2.49. The molecule has 0 N–H and O–H groups in total. The molecule has 1 nitrogen and oxygen atoms in total. The Morgan fingerprint density at radius 3 is 2.60 bits per heavy atom. The first kappa shape index (κ1) is 7.73. The molecule has 0 spiro atoms. The van der Waals surface area contributed by atoms with Crippen molar-refractivity contribution < 1.29 is 4.79 Å². The summed E-state index contributed by atoms with van der Waals surface area (Å²) >= 11 is 3.36. The molecule has 0 saturated carbocycles. The van der Waals surface area contributed by atoms with Crippen LogP contribution in [-0.2, 0) is 4.79 Å². The summed E-state index contributed by atoms with van der Waals surface area (Å²) in [5.41, 5.74) is 1.12. The molecule has 54 valence electrons. The van der Waals surface area contributed by atoms with Crippen LogP contribution < -0.4 is 0 Å². The highest BCUT2D eigenvalue weighted by molar-refractivity contribution is 9.11. The van der Waals surface area contributed by atoms with E-state index in [1.807, 2.05) is 13.8 Å².